The fraction of sp³-hybridized carbons (Fsp3) is 0.375. The molecule has 2 nitrogen and oxygen atoms in total. The van der Waals surface area contributed by atoms with Crippen molar-refractivity contribution in [3.8, 4) is 0 Å². The van der Waals surface area contributed by atoms with Crippen molar-refractivity contribution in [2.24, 2.45) is 0 Å². The number of hydrogen-bond donors (Lipinski definition) is 0. The fourth-order valence-corrected chi connectivity index (χ4v) is 2.07. The highest BCUT2D eigenvalue weighted by Gasteiger charge is 2.24. The Kier molecular flexibility index (Phi) is 3.46. The topological polar surface area (TPSA) is 25.8 Å². The highest BCUT2D eigenvalue weighted by atomic mass is 14.9. The van der Waals surface area contributed by atoms with E-state index in [0.29, 0.717) is 0 Å². The van der Waals surface area contributed by atoms with Gasteiger partial charge in [-0.1, -0.05) is 43.7 Å². The van der Waals surface area contributed by atoms with E-state index in [1.807, 2.05) is 19.2 Å². The summed E-state index contributed by atoms with van der Waals surface area (Å²) in [5.74, 6) is 0.920. The summed E-state index contributed by atoms with van der Waals surface area (Å²) >= 11 is 0. The van der Waals surface area contributed by atoms with Crippen LogP contribution in [0.25, 0.3) is 0 Å². The van der Waals surface area contributed by atoms with E-state index >= 15 is 0 Å². The minimum atomic E-state index is -0.0404. The monoisotopic (exact) mass is 240 g/mol. The predicted octanol–water partition coefficient (Wildman–Crippen LogP) is 3.61. The number of benzene rings is 1. The minimum absolute atomic E-state index is 0.0404. The van der Waals surface area contributed by atoms with Gasteiger partial charge in [0, 0.05) is 17.3 Å². The molecule has 0 aliphatic rings. The van der Waals surface area contributed by atoms with Crippen molar-refractivity contribution in [2.75, 3.05) is 0 Å². The molecule has 0 saturated carbocycles. The Bertz CT molecular complexity index is 527. The van der Waals surface area contributed by atoms with E-state index in [2.05, 4.69) is 55.0 Å². The van der Waals surface area contributed by atoms with Crippen molar-refractivity contribution < 1.29 is 0 Å². The maximum atomic E-state index is 4.55. The van der Waals surface area contributed by atoms with Crippen LogP contribution in [-0.4, -0.2) is 9.97 Å². The van der Waals surface area contributed by atoms with E-state index < -0.39 is 0 Å². The van der Waals surface area contributed by atoms with Crippen LogP contribution in [0.15, 0.2) is 36.5 Å². The SMILES string of the molecule is Cc1ccc(CC(C)(C)c2nccc(C)n2)cc1. The molecule has 1 heterocycles. The third-order valence-corrected chi connectivity index (χ3v) is 3.17. The Morgan fingerprint density at radius 2 is 1.67 bits per heavy atom. The van der Waals surface area contributed by atoms with Gasteiger partial charge in [-0.2, -0.15) is 0 Å². The van der Waals surface area contributed by atoms with Gasteiger partial charge in [-0.05, 0) is 31.9 Å². The van der Waals surface area contributed by atoms with E-state index in [9.17, 15) is 0 Å². The summed E-state index contributed by atoms with van der Waals surface area (Å²) in [5.41, 5.74) is 3.61. The second kappa shape index (κ2) is 4.89. The molecule has 0 atom stereocenters. The first-order valence-corrected chi connectivity index (χ1v) is 6.33. The molecule has 0 radical (unpaired) electrons. The van der Waals surface area contributed by atoms with Crippen LogP contribution in [0, 0.1) is 13.8 Å². The number of aromatic nitrogens is 2. The number of hydrogen-bond acceptors (Lipinski definition) is 2. The van der Waals surface area contributed by atoms with Gasteiger partial charge in [0.1, 0.15) is 5.82 Å². The molecular formula is C16H20N2. The zero-order valence-electron chi connectivity index (χ0n) is 11.6. The van der Waals surface area contributed by atoms with Gasteiger partial charge >= 0.3 is 0 Å². The fourth-order valence-electron chi connectivity index (χ4n) is 2.07. The average Bonchev–Trinajstić information content (AvgIpc) is 2.32. The number of aryl methyl sites for hydroxylation is 2. The molecule has 2 aromatic rings. The molecule has 1 aromatic heterocycles. The van der Waals surface area contributed by atoms with Crippen molar-refractivity contribution in [1.29, 1.82) is 0 Å². The van der Waals surface area contributed by atoms with Crippen LogP contribution in [0.5, 0.6) is 0 Å². The quantitative estimate of drug-likeness (QED) is 0.819. The second-order valence-electron chi connectivity index (χ2n) is 5.57. The van der Waals surface area contributed by atoms with E-state index in [0.717, 1.165) is 17.9 Å². The molecule has 0 fully saturated rings. The minimum Gasteiger partial charge on any atom is -0.241 e. The summed E-state index contributed by atoms with van der Waals surface area (Å²) in [6, 6.07) is 10.6. The van der Waals surface area contributed by atoms with Crippen LogP contribution >= 0.6 is 0 Å². The van der Waals surface area contributed by atoms with Gasteiger partial charge in [0.15, 0.2) is 0 Å². The van der Waals surface area contributed by atoms with Crippen LogP contribution in [-0.2, 0) is 11.8 Å². The van der Waals surface area contributed by atoms with E-state index in [-0.39, 0.29) is 5.41 Å². The summed E-state index contributed by atoms with van der Waals surface area (Å²) in [6.45, 7) is 8.51. The first-order chi connectivity index (χ1) is 8.47. The zero-order chi connectivity index (χ0) is 13.2. The lowest BCUT2D eigenvalue weighted by atomic mass is 9.84. The Balaban J connectivity index is 2.23. The van der Waals surface area contributed by atoms with E-state index in [4.69, 9.17) is 0 Å². The summed E-state index contributed by atoms with van der Waals surface area (Å²) in [4.78, 5) is 8.96. The Morgan fingerprint density at radius 1 is 1.00 bits per heavy atom. The lowest BCUT2D eigenvalue weighted by Crippen LogP contribution is -2.24. The molecule has 0 aliphatic carbocycles. The third kappa shape index (κ3) is 2.95. The van der Waals surface area contributed by atoms with Crippen LogP contribution in [0.3, 0.4) is 0 Å². The van der Waals surface area contributed by atoms with Gasteiger partial charge in [0.2, 0.25) is 0 Å². The molecule has 2 rings (SSSR count). The average molecular weight is 240 g/mol. The van der Waals surface area contributed by atoms with Crippen molar-refractivity contribution in [1.82, 2.24) is 9.97 Å². The third-order valence-electron chi connectivity index (χ3n) is 3.17. The summed E-state index contributed by atoms with van der Waals surface area (Å²) in [6.07, 6.45) is 2.80. The van der Waals surface area contributed by atoms with Crippen molar-refractivity contribution in [2.45, 2.75) is 39.5 Å². The molecule has 0 bridgehead atoms. The first-order valence-electron chi connectivity index (χ1n) is 6.33. The lowest BCUT2D eigenvalue weighted by molar-refractivity contribution is 0.485. The Labute approximate surface area is 109 Å². The van der Waals surface area contributed by atoms with Gasteiger partial charge in [0.05, 0.1) is 0 Å². The molecule has 0 unspecified atom stereocenters. The molecule has 94 valence electrons. The summed E-state index contributed by atoms with van der Waals surface area (Å²) < 4.78 is 0. The molecular weight excluding hydrogens is 220 g/mol. The van der Waals surface area contributed by atoms with Crippen molar-refractivity contribution in [3.05, 3.63) is 59.2 Å². The number of rotatable bonds is 3. The second-order valence-corrected chi connectivity index (χ2v) is 5.57. The van der Waals surface area contributed by atoms with Gasteiger partial charge in [-0.3, -0.25) is 0 Å². The standard InChI is InChI=1S/C16H20N2/c1-12-5-7-14(8-6-12)11-16(3,4)15-17-10-9-13(2)18-15/h5-10H,11H2,1-4H3. The molecule has 0 N–H and O–H groups in total. The smallest absolute Gasteiger partial charge is 0.134 e. The van der Waals surface area contributed by atoms with Gasteiger partial charge < -0.3 is 0 Å². The zero-order valence-corrected chi connectivity index (χ0v) is 11.6. The summed E-state index contributed by atoms with van der Waals surface area (Å²) in [5, 5.41) is 0. The van der Waals surface area contributed by atoms with Gasteiger partial charge in [-0.25, -0.2) is 9.97 Å². The molecule has 18 heavy (non-hydrogen) atoms. The highest BCUT2D eigenvalue weighted by Crippen LogP contribution is 2.24. The Morgan fingerprint density at radius 3 is 2.28 bits per heavy atom. The Hall–Kier alpha value is -1.70. The van der Waals surface area contributed by atoms with Crippen LogP contribution in [0.1, 0.15) is 36.5 Å². The maximum Gasteiger partial charge on any atom is 0.134 e. The highest BCUT2D eigenvalue weighted by molar-refractivity contribution is 5.24. The number of nitrogens with zero attached hydrogens (tertiary/aromatic N) is 2. The summed E-state index contributed by atoms with van der Waals surface area (Å²) in [7, 11) is 0. The van der Waals surface area contributed by atoms with Crippen LogP contribution in [0.2, 0.25) is 0 Å². The van der Waals surface area contributed by atoms with E-state index in [1.165, 1.54) is 11.1 Å². The maximum absolute atomic E-state index is 4.55. The molecule has 2 heteroatoms. The molecule has 0 spiro atoms. The van der Waals surface area contributed by atoms with Crippen molar-refractivity contribution in [3.63, 3.8) is 0 Å². The first kappa shape index (κ1) is 12.7. The molecule has 0 aliphatic heterocycles. The predicted molar refractivity (Wildman–Crippen MR) is 74.7 cm³/mol. The molecule has 0 saturated heterocycles. The van der Waals surface area contributed by atoms with Crippen molar-refractivity contribution >= 4 is 0 Å². The molecule has 0 amide bonds. The lowest BCUT2D eigenvalue weighted by Gasteiger charge is -2.23. The van der Waals surface area contributed by atoms with Crippen LogP contribution in [0.4, 0.5) is 0 Å². The van der Waals surface area contributed by atoms with Gasteiger partial charge in [-0.15, -0.1) is 0 Å². The largest absolute Gasteiger partial charge is 0.241 e. The van der Waals surface area contributed by atoms with E-state index in [1.54, 1.807) is 0 Å². The van der Waals surface area contributed by atoms with Crippen LogP contribution < -0.4 is 0 Å². The van der Waals surface area contributed by atoms with Gasteiger partial charge in [0.25, 0.3) is 0 Å². The molecule has 1 aromatic carbocycles. The normalized spacial score (nSPS) is 11.6.